The van der Waals surface area contributed by atoms with Gasteiger partial charge in [-0.1, -0.05) is 6.42 Å². The Morgan fingerprint density at radius 2 is 1.80 bits per heavy atom. The minimum atomic E-state index is 0.670. The van der Waals surface area contributed by atoms with Gasteiger partial charge in [0.1, 0.15) is 6.29 Å². The number of carbonyl (C=O) groups excluding carboxylic acids is 1. The summed E-state index contributed by atoms with van der Waals surface area (Å²) in [6.45, 7) is 2.43. The zero-order chi connectivity index (χ0) is 10.3. The molecule has 2 nitrogen and oxygen atoms in total. The highest BCUT2D eigenvalue weighted by Crippen LogP contribution is 2.49. The van der Waals surface area contributed by atoms with Crippen LogP contribution in [-0.4, -0.2) is 19.4 Å². The van der Waals surface area contributed by atoms with Gasteiger partial charge in [-0.25, -0.2) is 0 Å². The first-order valence-corrected chi connectivity index (χ1v) is 5.62. The second kappa shape index (κ2) is 3.09. The summed E-state index contributed by atoms with van der Waals surface area (Å²) in [5.74, 6) is 0. The molecule has 1 aromatic rings. The number of rotatable bonds is 2. The minimum absolute atomic E-state index is 0.670. The molecular weight excluding hydrogens is 186 g/mol. The highest BCUT2D eigenvalue weighted by Gasteiger charge is 2.47. The lowest BCUT2D eigenvalue weighted by molar-refractivity contribution is 0.0904. The zero-order valence-electron chi connectivity index (χ0n) is 8.78. The van der Waals surface area contributed by atoms with E-state index in [4.69, 9.17) is 0 Å². The fourth-order valence-electron chi connectivity index (χ4n) is 2.70. The zero-order valence-corrected chi connectivity index (χ0v) is 8.78. The lowest BCUT2D eigenvalue weighted by Gasteiger charge is -2.57. The number of benzene rings is 1. The van der Waals surface area contributed by atoms with E-state index in [-0.39, 0.29) is 0 Å². The van der Waals surface area contributed by atoms with Gasteiger partial charge in [-0.15, -0.1) is 0 Å². The van der Waals surface area contributed by atoms with Gasteiger partial charge < -0.3 is 4.90 Å². The van der Waals surface area contributed by atoms with Crippen LogP contribution in [0.1, 0.15) is 29.6 Å². The Morgan fingerprint density at radius 3 is 2.27 bits per heavy atom. The predicted molar refractivity (Wildman–Crippen MR) is 60.3 cm³/mol. The summed E-state index contributed by atoms with van der Waals surface area (Å²) in [4.78, 5) is 12.9. The summed E-state index contributed by atoms with van der Waals surface area (Å²) in [7, 11) is 0. The third-order valence-electron chi connectivity index (χ3n) is 3.86. The van der Waals surface area contributed by atoms with E-state index in [1.807, 2.05) is 12.1 Å². The lowest BCUT2D eigenvalue weighted by Crippen LogP contribution is -2.59. The van der Waals surface area contributed by atoms with Crippen molar-refractivity contribution in [2.75, 3.05) is 18.0 Å². The Bertz CT molecular complexity index is 370. The molecule has 78 valence electrons. The molecule has 1 saturated carbocycles. The maximum absolute atomic E-state index is 10.5. The van der Waals surface area contributed by atoms with E-state index in [1.54, 1.807) is 0 Å². The number of aldehydes is 1. The van der Waals surface area contributed by atoms with E-state index in [0.717, 1.165) is 11.8 Å². The van der Waals surface area contributed by atoms with Crippen molar-refractivity contribution >= 4 is 12.0 Å². The third-order valence-corrected chi connectivity index (χ3v) is 3.86. The Morgan fingerprint density at radius 1 is 1.13 bits per heavy atom. The van der Waals surface area contributed by atoms with Crippen LogP contribution in [0.5, 0.6) is 0 Å². The topological polar surface area (TPSA) is 20.3 Å². The van der Waals surface area contributed by atoms with Gasteiger partial charge in [0, 0.05) is 29.8 Å². The van der Waals surface area contributed by atoms with Crippen molar-refractivity contribution in [3.05, 3.63) is 29.8 Å². The molecule has 1 spiro atoms. The second-order valence-electron chi connectivity index (χ2n) is 4.92. The molecule has 0 radical (unpaired) electrons. The maximum atomic E-state index is 10.5. The van der Waals surface area contributed by atoms with Gasteiger partial charge in [-0.2, -0.15) is 0 Å². The van der Waals surface area contributed by atoms with E-state index in [0.29, 0.717) is 5.41 Å². The van der Waals surface area contributed by atoms with Crippen LogP contribution in [0.4, 0.5) is 5.69 Å². The number of anilines is 1. The third kappa shape index (κ3) is 1.36. The Kier molecular flexibility index (Phi) is 1.84. The van der Waals surface area contributed by atoms with Crippen LogP contribution in [-0.2, 0) is 0 Å². The largest absolute Gasteiger partial charge is 0.370 e. The Labute approximate surface area is 89.9 Å². The van der Waals surface area contributed by atoms with Crippen molar-refractivity contribution < 1.29 is 4.79 Å². The van der Waals surface area contributed by atoms with E-state index in [9.17, 15) is 4.79 Å². The fraction of sp³-hybridized carbons (Fsp3) is 0.462. The minimum Gasteiger partial charge on any atom is -0.370 e. The van der Waals surface area contributed by atoms with Crippen LogP contribution in [0.25, 0.3) is 0 Å². The van der Waals surface area contributed by atoms with Gasteiger partial charge in [-0.3, -0.25) is 4.79 Å². The average Bonchev–Trinajstić information content (AvgIpc) is 2.14. The van der Waals surface area contributed by atoms with Crippen molar-refractivity contribution in [2.45, 2.75) is 19.3 Å². The van der Waals surface area contributed by atoms with E-state index in [1.165, 1.54) is 38.0 Å². The molecule has 2 aliphatic rings. The van der Waals surface area contributed by atoms with Gasteiger partial charge in [0.25, 0.3) is 0 Å². The Balaban J connectivity index is 1.70. The maximum Gasteiger partial charge on any atom is 0.150 e. The molecular formula is C13H15NO. The van der Waals surface area contributed by atoms with Gasteiger partial charge >= 0.3 is 0 Å². The van der Waals surface area contributed by atoms with Crippen LogP contribution in [0, 0.1) is 5.41 Å². The van der Waals surface area contributed by atoms with Gasteiger partial charge in [0.05, 0.1) is 0 Å². The van der Waals surface area contributed by atoms with Crippen LogP contribution >= 0.6 is 0 Å². The highest BCUT2D eigenvalue weighted by molar-refractivity contribution is 5.75. The molecule has 0 amide bonds. The van der Waals surface area contributed by atoms with Crippen molar-refractivity contribution in [1.82, 2.24) is 0 Å². The molecule has 0 aromatic heterocycles. The predicted octanol–water partition coefficient (Wildman–Crippen LogP) is 2.49. The second-order valence-corrected chi connectivity index (χ2v) is 4.92. The quantitative estimate of drug-likeness (QED) is 0.685. The summed E-state index contributed by atoms with van der Waals surface area (Å²) in [5, 5.41) is 0. The van der Waals surface area contributed by atoms with Crippen LogP contribution in [0.2, 0.25) is 0 Å². The van der Waals surface area contributed by atoms with Crippen molar-refractivity contribution in [3.8, 4) is 0 Å². The molecule has 1 aliphatic carbocycles. The molecule has 0 atom stereocenters. The van der Waals surface area contributed by atoms with Crippen LogP contribution < -0.4 is 4.90 Å². The first-order valence-electron chi connectivity index (χ1n) is 5.62. The summed E-state index contributed by atoms with van der Waals surface area (Å²) in [6, 6.07) is 7.90. The van der Waals surface area contributed by atoms with Crippen LogP contribution in [0.3, 0.4) is 0 Å². The molecule has 1 saturated heterocycles. The molecule has 3 rings (SSSR count). The molecule has 1 heterocycles. The molecule has 2 fully saturated rings. The van der Waals surface area contributed by atoms with Crippen molar-refractivity contribution in [2.24, 2.45) is 5.41 Å². The lowest BCUT2D eigenvalue weighted by atomic mass is 9.63. The number of nitrogens with zero attached hydrogens (tertiary/aromatic N) is 1. The molecule has 0 unspecified atom stereocenters. The summed E-state index contributed by atoms with van der Waals surface area (Å²) >= 11 is 0. The summed E-state index contributed by atoms with van der Waals surface area (Å²) < 4.78 is 0. The highest BCUT2D eigenvalue weighted by atomic mass is 16.1. The first-order chi connectivity index (χ1) is 7.31. The van der Waals surface area contributed by atoms with Crippen molar-refractivity contribution in [3.63, 3.8) is 0 Å². The van der Waals surface area contributed by atoms with E-state index in [2.05, 4.69) is 17.0 Å². The molecule has 15 heavy (non-hydrogen) atoms. The molecule has 2 heteroatoms. The van der Waals surface area contributed by atoms with E-state index < -0.39 is 0 Å². The molecule has 0 N–H and O–H groups in total. The van der Waals surface area contributed by atoms with Gasteiger partial charge in [-0.05, 0) is 37.1 Å². The van der Waals surface area contributed by atoms with Gasteiger partial charge in [0.2, 0.25) is 0 Å². The van der Waals surface area contributed by atoms with Crippen LogP contribution in [0.15, 0.2) is 24.3 Å². The number of carbonyl (C=O) groups is 1. The Hall–Kier alpha value is -1.31. The number of hydrogen-bond acceptors (Lipinski definition) is 2. The SMILES string of the molecule is O=Cc1ccc(N2CC3(CCC3)C2)cc1. The average molecular weight is 201 g/mol. The first kappa shape index (κ1) is 8.96. The summed E-state index contributed by atoms with van der Waals surface area (Å²) in [5.41, 5.74) is 2.69. The fourth-order valence-corrected chi connectivity index (χ4v) is 2.70. The molecule has 0 bridgehead atoms. The molecule has 1 aliphatic heterocycles. The van der Waals surface area contributed by atoms with Crippen molar-refractivity contribution in [1.29, 1.82) is 0 Å². The monoisotopic (exact) mass is 201 g/mol. The van der Waals surface area contributed by atoms with E-state index >= 15 is 0 Å². The molecule has 1 aromatic carbocycles. The number of hydrogen-bond donors (Lipinski definition) is 0. The smallest absolute Gasteiger partial charge is 0.150 e. The van der Waals surface area contributed by atoms with Gasteiger partial charge in [0.15, 0.2) is 0 Å². The summed E-state index contributed by atoms with van der Waals surface area (Å²) in [6.07, 6.45) is 5.14. The normalized spacial score (nSPS) is 22.0. The standard InChI is InChI=1S/C13H15NO/c15-8-11-2-4-12(5-3-11)14-9-13(10-14)6-1-7-13/h2-5,8H,1,6-7,9-10H2.